The first-order valence-corrected chi connectivity index (χ1v) is 13.4. The number of hydrogen-bond acceptors (Lipinski definition) is 2. The third-order valence-electron chi connectivity index (χ3n) is 10.5. The van der Waals surface area contributed by atoms with Crippen LogP contribution >= 0.6 is 0 Å². The van der Waals surface area contributed by atoms with E-state index in [1.807, 2.05) is 6.07 Å². The van der Waals surface area contributed by atoms with Crippen molar-refractivity contribution in [1.82, 2.24) is 10.2 Å². The van der Waals surface area contributed by atoms with Gasteiger partial charge in [-0.2, -0.15) is 0 Å². The highest BCUT2D eigenvalue weighted by molar-refractivity contribution is 5.80. The number of amides is 2. The summed E-state index contributed by atoms with van der Waals surface area (Å²) in [7, 11) is 0. The first-order valence-electron chi connectivity index (χ1n) is 13.4. The molecule has 0 spiro atoms. The summed E-state index contributed by atoms with van der Waals surface area (Å²) >= 11 is 0. The lowest BCUT2D eigenvalue weighted by molar-refractivity contribution is -0.149. The third-order valence-corrected chi connectivity index (χ3v) is 10.5. The molecule has 4 nitrogen and oxygen atoms in total. The average molecular weight is 451 g/mol. The number of rotatable bonds is 4. The SMILES string of the molecule is CC(C)N(Cc1ccccc1)C(=O)C1CC[C@H]2[C@@H]3CCC4NC(=O)CC[C@]4(C)[C@@H]3CC[C@]12C. The van der Waals surface area contributed by atoms with E-state index >= 15 is 0 Å². The summed E-state index contributed by atoms with van der Waals surface area (Å²) in [5.74, 6) is 2.81. The quantitative estimate of drug-likeness (QED) is 0.653. The lowest BCUT2D eigenvalue weighted by Gasteiger charge is -2.60. The van der Waals surface area contributed by atoms with Crippen molar-refractivity contribution in [2.75, 3.05) is 0 Å². The van der Waals surface area contributed by atoms with Crippen molar-refractivity contribution >= 4 is 11.8 Å². The highest BCUT2D eigenvalue weighted by Crippen LogP contribution is 2.65. The van der Waals surface area contributed by atoms with Gasteiger partial charge in [-0.1, -0.05) is 44.2 Å². The lowest BCUT2D eigenvalue weighted by Crippen LogP contribution is -2.61. The zero-order valence-electron chi connectivity index (χ0n) is 21.0. The van der Waals surface area contributed by atoms with Crippen molar-refractivity contribution < 1.29 is 9.59 Å². The van der Waals surface area contributed by atoms with Crippen LogP contribution in [0.25, 0.3) is 0 Å². The molecular weight excluding hydrogens is 408 g/mol. The second-order valence-corrected chi connectivity index (χ2v) is 12.3. The summed E-state index contributed by atoms with van der Waals surface area (Å²) < 4.78 is 0. The van der Waals surface area contributed by atoms with Gasteiger partial charge in [-0.3, -0.25) is 9.59 Å². The third kappa shape index (κ3) is 3.72. The Kier molecular flexibility index (Phi) is 5.86. The zero-order valence-corrected chi connectivity index (χ0v) is 21.0. The molecular formula is C29H42N2O2. The van der Waals surface area contributed by atoms with Crippen molar-refractivity contribution in [3.8, 4) is 0 Å². The molecule has 5 rings (SSSR count). The predicted molar refractivity (Wildman–Crippen MR) is 131 cm³/mol. The van der Waals surface area contributed by atoms with Gasteiger partial charge in [-0.05, 0) is 92.9 Å². The van der Waals surface area contributed by atoms with Gasteiger partial charge >= 0.3 is 0 Å². The van der Waals surface area contributed by atoms with E-state index in [0.29, 0.717) is 42.7 Å². The summed E-state index contributed by atoms with van der Waals surface area (Å²) in [5, 5.41) is 3.34. The van der Waals surface area contributed by atoms with Crippen LogP contribution < -0.4 is 5.32 Å². The Bertz CT molecular complexity index is 898. The molecule has 3 saturated carbocycles. The van der Waals surface area contributed by atoms with Crippen molar-refractivity contribution in [2.45, 2.75) is 97.7 Å². The summed E-state index contributed by atoms with van der Waals surface area (Å²) in [6.45, 7) is 9.92. The van der Waals surface area contributed by atoms with Crippen molar-refractivity contribution in [2.24, 2.45) is 34.5 Å². The molecule has 1 aliphatic heterocycles. The fourth-order valence-electron chi connectivity index (χ4n) is 8.60. The van der Waals surface area contributed by atoms with Crippen LogP contribution in [0.1, 0.15) is 84.6 Å². The Morgan fingerprint density at radius 1 is 1.00 bits per heavy atom. The summed E-state index contributed by atoms with van der Waals surface area (Å²) in [4.78, 5) is 28.2. The second kappa shape index (κ2) is 8.43. The Labute approximate surface area is 199 Å². The van der Waals surface area contributed by atoms with E-state index in [1.54, 1.807) is 0 Å². The van der Waals surface area contributed by atoms with Crippen LogP contribution in [-0.2, 0) is 16.1 Å². The first kappa shape index (κ1) is 22.9. The predicted octanol–water partition coefficient (Wildman–Crippen LogP) is 5.56. The molecule has 3 aliphatic carbocycles. The number of benzene rings is 1. The van der Waals surface area contributed by atoms with Gasteiger partial charge in [0.25, 0.3) is 0 Å². The van der Waals surface area contributed by atoms with Crippen LogP contribution in [0.15, 0.2) is 30.3 Å². The van der Waals surface area contributed by atoms with Gasteiger partial charge in [0.05, 0.1) is 0 Å². The summed E-state index contributed by atoms with van der Waals surface area (Å²) in [6.07, 6.45) is 8.64. The number of hydrogen-bond donors (Lipinski definition) is 1. The minimum atomic E-state index is 0.114. The molecule has 1 heterocycles. The summed E-state index contributed by atoms with van der Waals surface area (Å²) in [5.41, 5.74) is 1.56. The number of carbonyl (C=O) groups excluding carboxylic acids is 2. The van der Waals surface area contributed by atoms with E-state index in [1.165, 1.54) is 24.8 Å². The van der Waals surface area contributed by atoms with E-state index in [9.17, 15) is 9.59 Å². The van der Waals surface area contributed by atoms with Crippen LogP contribution in [0.4, 0.5) is 0 Å². The number of nitrogens with one attached hydrogen (secondary N) is 1. The van der Waals surface area contributed by atoms with Crippen LogP contribution in [-0.4, -0.2) is 28.8 Å². The Hall–Kier alpha value is -1.84. The molecule has 4 aliphatic rings. The van der Waals surface area contributed by atoms with Crippen LogP contribution in [0.3, 0.4) is 0 Å². The van der Waals surface area contributed by atoms with Crippen molar-refractivity contribution in [3.63, 3.8) is 0 Å². The molecule has 1 aromatic rings. The number of piperidine rings is 1. The maximum atomic E-state index is 14.0. The highest BCUT2D eigenvalue weighted by Gasteiger charge is 2.61. The molecule has 7 atom stereocenters. The monoisotopic (exact) mass is 450 g/mol. The van der Waals surface area contributed by atoms with Crippen LogP contribution in [0, 0.1) is 34.5 Å². The standard InChI is InChI=1S/C29H42N2O2/c1-19(2)31(18-20-8-6-5-7-9-20)27(33)24-12-11-22-21-10-13-25-29(4,17-15-26(32)30-25)23(21)14-16-28(22,24)3/h5-9,19,21-25H,10-18H2,1-4H3,(H,30,32)/t21-,22-,23+,24?,25?,28-,29+/m0/s1. The minimum absolute atomic E-state index is 0.114. The van der Waals surface area contributed by atoms with E-state index in [2.05, 4.69) is 62.2 Å². The Morgan fingerprint density at radius 2 is 1.73 bits per heavy atom. The van der Waals surface area contributed by atoms with Gasteiger partial charge in [0, 0.05) is 31.0 Å². The lowest BCUT2D eigenvalue weighted by atomic mass is 9.47. The molecule has 180 valence electrons. The first-order chi connectivity index (χ1) is 15.7. The Balaban J connectivity index is 1.36. The molecule has 0 aromatic heterocycles. The normalized spacial score (nSPS) is 39.9. The highest BCUT2D eigenvalue weighted by atomic mass is 16.2. The summed E-state index contributed by atoms with van der Waals surface area (Å²) in [6, 6.07) is 11.0. The fourth-order valence-corrected chi connectivity index (χ4v) is 8.60. The maximum Gasteiger partial charge on any atom is 0.226 e. The van der Waals surface area contributed by atoms with Gasteiger partial charge in [0.15, 0.2) is 0 Å². The smallest absolute Gasteiger partial charge is 0.226 e. The van der Waals surface area contributed by atoms with E-state index in [4.69, 9.17) is 0 Å². The number of fused-ring (bicyclic) bond motifs is 5. The molecule has 1 saturated heterocycles. The topological polar surface area (TPSA) is 49.4 Å². The second-order valence-electron chi connectivity index (χ2n) is 12.3. The average Bonchev–Trinajstić information content (AvgIpc) is 3.15. The molecule has 2 amide bonds. The number of carbonyl (C=O) groups is 2. The van der Waals surface area contributed by atoms with Gasteiger partial charge in [0.1, 0.15) is 0 Å². The van der Waals surface area contributed by atoms with Crippen LogP contribution in [0.5, 0.6) is 0 Å². The molecule has 0 bridgehead atoms. The van der Waals surface area contributed by atoms with Gasteiger partial charge < -0.3 is 10.2 Å². The molecule has 1 N–H and O–H groups in total. The zero-order chi connectivity index (χ0) is 23.4. The molecule has 4 fully saturated rings. The largest absolute Gasteiger partial charge is 0.353 e. The van der Waals surface area contributed by atoms with E-state index in [0.717, 1.165) is 25.7 Å². The molecule has 2 unspecified atom stereocenters. The molecule has 4 heteroatoms. The van der Waals surface area contributed by atoms with Crippen molar-refractivity contribution in [1.29, 1.82) is 0 Å². The fraction of sp³-hybridized carbons (Fsp3) is 0.724. The van der Waals surface area contributed by atoms with Gasteiger partial charge in [0.2, 0.25) is 11.8 Å². The van der Waals surface area contributed by atoms with E-state index < -0.39 is 0 Å². The van der Waals surface area contributed by atoms with Crippen molar-refractivity contribution in [3.05, 3.63) is 35.9 Å². The van der Waals surface area contributed by atoms with Gasteiger partial charge in [-0.15, -0.1) is 0 Å². The Morgan fingerprint density at radius 3 is 2.45 bits per heavy atom. The molecule has 0 radical (unpaired) electrons. The van der Waals surface area contributed by atoms with Crippen LogP contribution in [0.2, 0.25) is 0 Å². The molecule has 33 heavy (non-hydrogen) atoms. The van der Waals surface area contributed by atoms with Gasteiger partial charge in [-0.25, -0.2) is 0 Å². The molecule has 1 aromatic carbocycles. The number of nitrogens with zero attached hydrogens (tertiary/aromatic N) is 1. The maximum absolute atomic E-state index is 14.0. The van der Waals surface area contributed by atoms with E-state index in [-0.39, 0.29) is 28.7 Å². The minimum Gasteiger partial charge on any atom is -0.353 e.